The van der Waals surface area contributed by atoms with Crippen molar-refractivity contribution in [1.29, 1.82) is 0 Å². The van der Waals surface area contributed by atoms with Crippen LogP contribution in [0, 0.1) is 11.3 Å². The Hall–Kier alpha value is -0.440. The predicted molar refractivity (Wildman–Crippen MR) is 86.3 cm³/mol. The highest BCUT2D eigenvalue weighted by molar-refractivity contribution is 8.03. The van der Waals surface area contributed by atoms with Gasteiger partial charge in [0.05, 0.1) is 12.0 Å². The van der Waals surface area contributed by atoms with Gasteiger partial charge in [0.2, 0.25) is 0 Å². The average molecular weight is 309 g/mol. The minimum absolute atomic E-state index is 0.124. The third-order valence-corrected chi connectivity index (χ3v) is 6.92. The van der Waals surface area contributed by atoms with Crippen molar-refractivity contribution in [3.05, 3.63) is 40.8 Å². The van der Waals surface area contributed by atoms with Crippen molar-refractivity contribution in [3.8, 4) is 0 Å². The summed E-state index contributed by atoms with van der Waals surface area (Å²) in [6.07, 6.45) is 3.68. The van der Waals surface area contributed by atoms with Crippen molar-refractivity contribution in [1.82, 2.24) is 0 Å². The highest BCUT2D eigenvalue weighted by Crippen LogP contribution is 2.61. The van der Waals surface area contributed by atoms with Crippen molar-refractivity contribution in [2.75, 3.05) is 13.7 Å². The van der Waals surface area contributed by atoms with E-state index in [2.05, 4.69) is 37.3 Å². The first kappa shape index (κ1) is 14.5. The summed E-state index contributed by atoms with van der Waals surface area (Å²) in [5.74, 6) is 0.501. The minimum Gasteiger partial charge on any atom is -0.380 e. The first-order valence-corrected chi connectivity index (χ1v) is 8.51. The molecule has 0 aliphatic heterocycles. The number of hydrogen-bond acceptors (Lipinski definition) is 2. The van der Waals surface area contributed by atoms with Gasteiger partial charge in [-0.3, -0.25) is 0 Å². The van der Waals surface area contributed by atoms with Gasteiger partial charge in [-0.15, -0.1) is 11.6 Å². The van der Waals surface area contributed by atoms with Crippen LogP contribution < -0.4 is 0 Å². The average Bonchev–Trinajstić information content (AvgIpc) is 2.58. The lowest BCUT2D eigenvalue weighted by molar-refractivity contribution is 0.209. The molecule has 1 nitrogen and oxygen atoms in total. The highest BCUT2D eigenvalue weighted by atomic mass is 35.5. The third-order valence-electron chi connectivity index (χ3n) is 4.69. The molecule has 0 radical (unpaired) electrons. The van der Waals surface area contributed by atoms with Crippen molar-refractivity contribution in [3.63, 3.8) is 0 Å². The molecule has 1 aromatic rings. The molecule has 0 saturated heterocycles. The molecule has 1 aromatic carbocycles. The maximum absolute atomic E-state index is 6.80. The van der Waals surface area contributed by atoms with Gasteiger partial charge in [0.15, 0.2) is 0 Å². The standard InChI is InChI=1S/C17H21ClOS/c1-17-10-6-9-13(15(17)18)14(11-19-2)16(17)20-12-7-4-3-5-8-12/h3-5,7-8,13,15H,6,9-11H2,1-2H3. The predicted octanol–water partition coefficient (Wildman–Crippen LogP) is 5.11. The fraction of sp³-hybridized carbons (Fsp3) is 0.529. The summed E-state index contributed by atoms with van der Waals surface area (Å²) in [4.78, 5) is 2.77. The first-order valence-electron chi connectivity index (χ1n) is 7.26. The normalized spacial score (nSPS) is 32.8. The molecule has 1 saturated carbocycles. The van der Waals surface area contributed by atoms with Crippen molar-refractivity contribution < 1.29 is 4.74 Å². The molecule has 2 aliphatic carbocycles. The lowest BCUT2D eigenvalue weighted by Crippen LogP contribution is -2.33. The van der Waals surface area contributed by atoms with Gasteiger partial charge < -0.3 is 4.74 Å². The van der Waals surface area contributed by atoms with Crippen LogP contribution >= 0.6 is 23.4 Å². The zero-order valence-corrected chi connectivity index (χ0v) is 13.6. The van der Waals surface area contributed by atoms with Gasteiger partial charge in [-0.1, -0.05) is 43.3 Å². The number of halogens is 1. The van der Waals surface area contributed by atoms with Gasteiger partial charge >= 0.3 is 0 Å². The molecule has 1 fully saturated rings. The van der Waals surface area contributed by atoms with E-state index >= 15 is 0 Å². The number of hydrogen-bond donors (Lipinski definition) is 0. The Balaban J connectivity index is 1.98. The summed E-state index contributed by atoms with van der Waals surface area (Å²) in [5.41, 5.74) is 1.57. The number of methoxy groups -OCH3 is 1. The maximum Gasteiger partial charge on any atom is 0.0687 e. The first-order chi connectivity index (χ1) is 9.66. The molecule has 20 heavy (non-hydrogen) atoms. The van der Waals surface area contributed by atoms with Crippen LogP contribution in [-0.4, -0.2) is 19.1 Å². The van der Waals surface area contributed by atoms with Crippen LogP contribution in [0.3, 0.4) is 0 Å². The molecule has 3 heteroatoms. The van der Waals surface area contributed by atoms with Gasteiger partial charge in [0.1, 0.15) is 0 Å². The molecule has 108 valence electrons. The third kappa shape index (κ3) is 2.32. The largest absolute Gasteiger partial charge is 0.380 e. The molecule has 2 aliphatic rings. The van der Waals surface area contributed by atoms with Crippen molar-refractivity contribution >= 4 is 23.4 Å². The number of allylic oxidation sites excluding steroid dienone is 1. The van der Waals surface area contributed by atoms with E-state index in [1.165, 1.54) is 34.6 Å². The van der Waals surface area contributed by atoms with E-state index in [1.807, 2.05) is 11.8 Å². The monoisotopic (exact) mass is 308 g/mol. The lowest BCUT2D eigenvalue weighted by atomic mass is 9.75. The second-order valence-corrected chi connectivity index (χ2v) is 7.57. The van der Waals surface area contributed by atoms with Gasteiger partial charge in [-0.2, -0.15) is 0 Å². The summed E-state index contributed by atoms with van der Waals surface area (Å²) in [6, 6.07) is 10.6. The Morgan fingerprint density at radius 2 is 2.10 bits per heavy atom. The van der Waals surface area contributed by atoms with E-state index < -0.39 is 0 Å². The Bertz CT molecular complexity index is 513. The van der Waals surface area contributed by atoms with Crippen LogP contribution in [0.15, 0.2) is 45.7 Å². The molecule has 0 N–H and O–H groups in total. The number of alkyl halides is 1. The van der Waals surface area contributed by atoms with Crippen LogP contribution in [0.5, 0.6) is 0 Å². The molecular weight excluding hydrogens is 288 g/mol. The van der Waals surface area contributed by atoms with E-state index in [4.69, 9.17) is 16.3 Å². The molecule has 0 heterocycles. The summed E-state index contributed by atoms with van der Waals surface area (Å²) >= 11 is 8.70. The highest BCUT2D eigenvalue weighted by Gasteiger charge is 2.52. The number of rotatable bonds is 4. The number of fused-ring (bicyclic) bond motifs is 2. The zero-order valence-electron chi connectivity index (χ0n) is 12.1. The molecule has 3 unspecified atom stereocenters. The van der Waals surface area contributed by atoms with Crippen LogP contribution in [0.25, 0.3) is 0 Å². The van der Waals surface area contributed by atoms with Crippen LogP contribution in [0.1, 0.15) is 26.2 Å². The van der Waals surface area contributed by atoms with E-state index in [0.717, 1.165) is 6.61 Å². The Kier molecular flexibility index (Phi) is 4.16. The Morgan fingerprint density at radius 3 is 2.80 bits per heavy atom. The zero-order chi connectivity index (χ0) is 14.2. The SMILES string of the molecule is COCC1=C(Sc2ccccc2)C2(C)CCCC1C2Cl. The number of ether oxygens (including phenoxy) is 1. The van der Waals surface area contributed by atoms with Crippen LogP contribution in [-0.2, 0) is 4.74 Å². The molecule has 3 rings (SSSR count). The molecule has 2 bridgehead atoms. The number of benzene rings is 1. The topological polar surface area (TPSA) is 9.23 Å². The summed E-state index contributed by atoms with van der Waals surface area (Å²) in [5, 5.41) is 0.229. The minimum atomic E-state index is 0.124. The van der Waals surface area contributed by atoms with E-state index in [1.54, 1.807) is 7.11 Å². The van der Waals surface area contributed by atoms with Gasteiger partial charge in [-0.05, 0) is 35.5 Å². The van der Waals surface area contributed by atoms with Crippen LogP contribution in [0.4, 0.5) is 0 Å². The second kappa shape index (κ2) is 5.75. The smallest absolute Gasteiger partial charge is 0.0687 e. The van der Waals surface area contributed by atoms with Crippen molar-refractivity contribution in [2.24, 2.45) is 11.3 Å². The van der Waals surface area contributed by atoms with Gasteiger partial charge in [0.25, 0.3) is 0 Å². The maximum atomic E-state index is 6.80. The van der Waals surface area contributed by atoms with E-state index in [-0.39, 0.29) is 10.8 Å². The van der Waals surface area contributed by atoms with E-state index in [9.17, 15) is 0 Å². The Labute approximate surface area is 130 Å². The number of thioether (sulfide) groups is 1. The Morgan fingerprint density at radius 1 is 1.35 bits per heavy atom. The fourth-order valence-corrected chi connectivity index (χ4v) is 5.55. The summed E-state index contributed by atoms with van der Waals surface area (Å²) in [7, 11) is 1.78. The summed E-state index contributed by atoms with van der Waals surface area (Å²) < 4.78 is 5.47. The van der Waals surface area contributed by atoms with Gasteiger partial charge in [0, 0.05) is 23.3 Å². The van der Waals surface area contributed by atoms with E-state index in [0.29, 0.717) is 5.92 Å². The molecular formula is C17H21ClOS. The van der Waals surface area contributed by atoms with Gasteiger partial charge in [-0.25, -0.2) is 0 Å². The fourth-order valence-electron chi connectivity index (χ4n) is 3.66. The molecule has 0 aromatic heterocycles. The lowest BCUT2D eigenvalue weighted by Gasteiger charge is -2.37. The summed E-state index contributed by atoms with van der Waals surface area (Å²) in [6.45, 7) is 3.06. The quantitative estimate of drug-likeness (QED) is 0.715. The molecule has 0 amide bonds. The van der Waals surface area contributed by atoms with Crippen LogP contribution in [0.2, 0.25) is 0 Å². The molecule has 0 spiro atoms. The van der Waals surface area contributed by atoms with Crippen molar-refractivity contribution in [2.45, 2.75) is 36.5 Å². The molecule has 3 atom stereocenters. The second-order valence-electron chi connectivity index (χ2n) is 6.02.